The van der Waals surface area contributed by atoms with Crippen molar-refractivity contribution >= 4 is 5.97 Å². The average Bonchev–Trinajstić information content (AvgIpc) is 2.96. The van der Waals surface area contributed by atoms with E-state index in [2.05, 4.69) is 29.4 Å². The van der Waals surface area contributed by atoms with Crippen LogP contribution in [-0.4, -0.2) is 31.3 Å². The van der Waals surface area contributed by atoms with E-state index in [9.17, 15) is 4.79 Å². The molecule has 1 aromatic rings. The summed E-state index contributed by atoms with van der Waals surface area (Å²) in [6, 6.07) is -0.134. The van der Waals surface area contributed by atoms with Crippen LogP contribution in [0.25, 0.3) is 0 Å². The number of carboxylic acid groups (broad SMARTS) is 1. The maximum absolute atomic E-state index is 11.0. The van der Waals surface area contributed by atoms with E-state index in [1.807, 2.05) is 0 Å². The molecule has 106 valence electrons. The number of carboxylic acids is 1. The molecule has 1 heterocycles. The molecule has 1 aliphatic carbocycles. The van der Waals surface area contributed by atoms with Gasteiger partial charge in [0, 0.05) is 5.41 Å². The lowest BCUT2D eigenvalue weighted by atomic mass is 9.87. The van der Waals surface area contributed by atoms with E-state index in [4.69, 9.17) is 5.11 Å². The van der Waals surface area contributed by atoms with E-state index < -0.39 is 5.97 Å². The molecular weight excluding hydrogens is 244 g/mol. The molecule has 6 heteroatoms. The lowest BCUT2D eigenvalue weighted by Gasteiger charge is -2.25. The molecule has 2 rings (SSSR count). The molecule has 0 amide bonds. The lowest BCUT2D eigenvalue weighted by molar-refractivity contribution is -0.138. The van der Waals surface area contributed by atoms with E-state index >= 15 is 0 Å². The molecule has 1 atom stereocenters. The van der Waals surface area contributed by atoms with Crippen molar-refractivity contribution in [2.45, 2.75) is 70.3 Å². The zero-order valence-electron chi connectivity index (χ0n) is 11.7. The van der Waals surface area contributed by atoms with Crippen LogP contribution in [-0.2, 0) is 10.2 Å². The van der Waals surface area contributed by atoms with E-state index in [0.717, 1.165) is 31.5 Å². The first-order chi connectivity index (χ1) is 9.07. The fraction of sp³-hybridized carbons (Fsp3) is 0.846. The smallest absolute Gasteiger partial charge is 0.305 e. The molecular formula is C13H22N4O2. The second kappa shape index (κ2) is 5.67. The molecule has 0 aliphatic heterocycles. The van der Waals surface area contributed by atoms with Crippen LogP contribution >= 0.6 is 0 Å². The van der Waals surface area contributed by atoms with Crippen molar-refractivity contribution in [2.24, 2.45) is 0 Å². The first-order valence-electron chi connectivity index (χ1n) is 7.07. The highest BCUT2D eigenvalue weighted by atomic mass is 16.4. The third-order valence-electron chi connectivity index (χ3n) is 4.12. The third-order valence-corrected chi connectivity index (χ3v) is 4.12. The summed E-state index contributed by atoms with van der Waals surface area (Å²) in [5, 5.41) is 21.1. The van der Waals surface area contributed by atoms with Gasteiger partial charge in [0.05, 0.1) is 12.5 Å². The minimum Gasteiger partial charge on any atom is -0.481 e. The van der Waals surface area contributed by atoms with Gasteiger partial charge in [-0.15, -0.1) is 5.10 Å². The van der Waals surface area contributed by atoms with Gasteiger partial charge in [-0.05, 0) is 29.7 Å². The quantitative estimate of drug-likeness (QED) is 0.854. The van der Waals surface area contributed by atoms with Gasteiger partial charge < -0.3 is 5.11 Å². The van der Waals surface area contributed by atoms with E-state index in [1.165, 1.54) is 12.8 Å². The Kier molecular flexibility index (Phi) is 4.17. The molecule has 1 N–H and O–H groups in total. The molecule has 1 saturated carbocycles. The highest BCUT2D eigenvalue weighted by molar-refractivity contribution is 5.67. The van der Waals surface area contributed by atoms with Gasteiger partial charge in [0.2, 0.25) is 0 Å². The molecule has 0 radical (unpaired) electrons. The summed E-state index contributed by atoms with van der Waals surface area (Å²) < 4.78 is 1.77. The second-order valence-electron chi connectivity index (χ2n) is 5.76. The highest BCUT2D eigenvalue weighted by Crippen LogP contribution is 2.40. The van der Waals surface area contributed by atoms with Gasteiger partial charge in [0.25, 0.3) is 0 Å². The van der Waals surface area contributed by atoms with Crippen LogP contribution in [0.1, 0.15) is 70.7 Å². The van der Waals surface area contributed by atoms with Gasteiger partial charge in [-0.2, -0.15) is 0 Å². The second-order valence-corrected chi connectivity index (χ2v) is 5.76. The van der Waals surface area contributed by atoms with Crippen LogP contribution in [0.5, 0.6) is 0 Å². The molecule has 0 bridgehead atoms. The number of tetrazole rings is 1. The monoisotopic (exact) mass is 266 g/mol. The SMILES string of the molecule is CCCC(CC(=O)O)n1nnnc1C1(C)CCCC1. The third kappa shape index (κ3) is 2.93. The predicted molar refractivity (Wildman–Crippen MR) is 69.8 cm³/mol. The van der Waals surface area contributed by atoms with Crippen molar-refractivity contribution in [3.8, 4) is 0 Å². The predicted octanol–water partition coefficient (Wildman–Crippen LogP) is 2.32. The fourth-order valence-electron chi connectivity index (χ4n) is 3.06. The molecule has 0 aromatic carbocycles. The van der Waals surface area contributed by atoms with E-state index in [1.54, 1.807) is 4.68 Å². The standard InChI is InChI=1S/C13H22N4O2/c1-3-6-10(9-11(18)19)17-12(14-15-16-17)13(2)7-4-5-8-13/h10H,3-9H2,1-2H3,(H,18,19). The van der Waals surface area contributed by atoms with Crippen LogP contribution < -0.4 is 0 Å². The van der Waals surface area contributed by atoms with Crippen molar-refractivity contribution in [2.75, 3.05) is 0 Å². The molecule has 6 nitrogen and oxygen atoms in total. The Bertz CT molecular complexity index is 438. The van der Waals surface area contributed by atoms with Gasteiger partial charge in [-0.3, -0.25) is 4.79 Å². The highest BCUT2D eigenvalue weighted by Gasteiger charge is 2.37. The minimum atomic E-state index is -0.795. The maximum Gasteiger partial charge on any atom is 0.305 e. The van der Waals surface area contributed by atoms with Crippen LogP contribution in [0.2, 0.25) is 0 Å². The normalized spacial score (nSPS) is 19.5. The Balaban J connectivity index is 2.27. The number of rotatable bonds is 6. The molecule has 19 heavy (non-hydrogen) atoms. The number of carbonyl (C=O) groups is 1. The number of aromatic nitrogens is 4. The summed E-state index contributed by atoms with van der Waals surface area (Å²) in [5.41, 5.74) is 0.00793. The number of hydrogen-bond acceptors (Lipinski definition) is 4. The van der Waals surface area contributed by atoms with Gasteiger partial charge in [-0.25, -0.2) is 4.68 Å². The summed E-state index contributed by atoms with van der Waals surface area (Å²) in [5.74, 6) is 0.0705. The Hall–Kier alpha value is -1.46. The molecule has 1 aliphatic rings. The molecule has 1 fully saturated rings. The van der Waals surface area contributed by atoms with Gasteiger partial charge >= 0.3 is 5.97 Å². The zero-order valence-corrected chi connectivity index (χ0v) is 11.7. The van der Waals surface area contributed by atoms with E-state index in [0.29, 0.717) is 0 Å². The Morgan fingerprint density at radius 2 is 2.16 bits per heavy atom. The average molecular weight is 266 g/mol. The topological polar surface area (TPSA) is 80.9 Å². The minimum absolute atomic E-state index is 0.00793. The van der Waals surface area contributed by atoms with Crippen molar-refractivity contribution in [1.29, 1.82) is 0 Å². The van der Waals surface area contributed by atoms with Crippen LogP contribution in [0, 0.1) is 0 Å². The zero-order chi connectivity index (χ0) is 13.9. The number of nitrogens with zero attached hydrogens (tertiary/aromatic N) is 4. The van der Waals surface area contributed by atoms with Crippen molar-refractivity contribution < 1.29 is 9.90 Å². The van der Waals surface area contributed by atoms with Gasteiger partial charge in [0.15, 0.2) is 5.82 Å². The molecule has 0 spiro atoms. The van der Waals surface area contributed by atoms with Crippen molar-refractivity contribution in [1.82, 2.24) is 20.2 Å². The van der Waals surface area contributed by atoms with Crippen LogP contribution in [0.3, 0.4) is 0 Å². The van der Waals surface area contributed by atoms with Gasteiger partial charge in [-0.1, -0.05) is 33.1 Å². The first-order valence-corrected chi connectivity index (χ1v) is 7.07. The number of hydrogen-bond donors (Lipinski definition) is 1. The van der Waals surface area contributed by atoms with Crippen molar-refractivity contribution in [3.63, 3.8) is 0 Å². The summed E-state index contributed by atoms with van der Waals surface area (Å²) in [7, 11) is 0. The largest absolute Gasteiger partial charge is 0.481 e. The van der Waals surface area contributed by atoms with Gasteiger partial charge in [0.1, 0.15) is 0 Å². The lowest BCUT2D eigenvalue weighted by Crippen LogP contribution is -2.27. The first kappa shape index (κ1) is 14.0. The molecule has 0 saturated heterocycles. The Labute approximate surface area is 113 Å². The summed E-state index contributed by atoms with van der Waals surface area (Å²) in [6.07, 6.45) is 6.36. The fourth-order valence-corrected chi connectivity index (χ4v) is 3.06. The van der Waals surface area contributed by atoms with Crippen molar-refractivity contribution in [3.05, 3.63) is 5.82 Å². The maximum atomic E-state index is 11.0. The van der Waals surface area contributed by atoms with Crippen LogP contribution in [0.4, 0.5) is 0 Å². The summed E-state index contributed by atoms with van der Waals surface area (Å²) in [4.78, 5) is 11.0. The number of aliphatic carboxylic acids is 1. The molecule has 1 aromatic heterocycles. The van der Waals surface area contributed by atoms with E-state index in [-0.39, 0.29) is 17.9 Å². The summed E-state index contributed by atoms with van der Waals surface area (Å²) in [6.45, 7) is 4.24. The Morgan fingerprint density at radius 3 is 2.74 bits per heavy atom. The summed E-state index contributed by atoms with van der Waals surface area (Å²) >= 11 is 0. The van der Waals surface area contributed by atoms with Crippen LogP contribution in [0.15, 0.2) is 0 Å². The molecule has 1 unspecified atom stereocenters. The Morgan fingerprint density at radius 1 is 1.47 bits per heavy atom.